The summed E-state index contributed by atoms with van der Waals surface area (Å²) >= 11 is 0. The minimum atomic E-state index is -1.89. The molecule has 3 heterocycles. The number of aromatic nitrogens is 6. The molecule has 0 aliphatic carbocycles. The Labute approximate surface area is 168 Å². The number of anilines is 1. The molecule has 0 aliphatic rings. The molecule has 3 rings (SSSR count). The summed E-state index contributed by atoms with van der Waals surface area (Å²) in [5, 5.41) is 31.5. The number of hydrogen-bond acceptors (Lipinski definition) is 8. The SMILES string of the molecule is CNc1cc(C(N)=O)nc(-c2n[nH]c(-c3c(O)c(C)nn3CC=C(F)F)n2)c1C=N. The molecule has 3 aromatic rings. The first-order valence-corrected chi connectivity index (χ1v) is 8.50. The lowest BCUT2D eigenvalue weighted by atomic mass is 10.1. The van der Waals surface area contributed by atoms with Crippen molar-refractivity contribution in [1.29, 1.82) is 5.41 Å². The average molecular weight is 417 g/mol. The number of allylic oxidation sites excluding steroid dienone is 1. The van der Waals surface area contributed by atoms with Gasteiger partial charge < -0.3 is 21.6 Å². The molecular formula is C17H17F2N9O2. The van der Waals surface area contributed by atoms with Crippen LogP contribution in [0.2, 0.25) is 0 Å². The number of pyridine rings is 1. The zero-order valence-corrected chi connectivity index (χ0v) is 15.9. The van der Waals surface area contributed by atoms with Crippen molar-refractivity contribution in [2.45, 2.75) is 13.5 Å². The smallest absolute Gasteiger partial charge is 0.268 e. The van der Waals surface area contributed by atoms with Crippen LogP contribution in [0.15, 0.2) is 18.2 Å². The summed E-state index contributed by atoms with van der Waals surface area (Å²) in [5.74, 6) is -1.01. The van der Waals surface area contributed by atoms with Crippen LogP contribution in [-0.4, -0.2) is 54.2 Å². The lowest BCUT2D eigenvalue weighted by molar-refractivity contribution is 0.0995. The molecule has 0 bridgehead atoms. The van der Waals surface area contributed by atoms with Gasteiger partial charge in [-0.3, -0.25) is 14.6 Å². The van der Waals surface area contributed by atoms with E-state index in [1.807, 2.05) is 0 Å². The maximum atomic E-state index is 12.5. The van der Waals surface area contributed by atoms with Crippen molar-refractivity contribution in [2.24, 2.45) is 5.73 Å². The first-order valence-electron chi connectivity index (χ1n) is 8.50. The Hall–Kier alpha value is -4.16. The fraction of sp³-hybridized carbons (Fsp3) is 0.176. The molecule has 13 heteroatoms. The van der Waals surface area contributed by atoms with Gasteiger partial charge in [-0.15, -0.1) is 0 Å². The van der Waals surface area contributed by atoms with E-state index in [1.54, 1.807) is 7.05 Å². The molecule has 0 saturated heterocycles. The van der Waals surface area contributed by atoms with Gasteiger partial charge in [-0.2, -0.15) is 19.0 Å². The predicted molar refractivity (Wildman–Crippen MR) is 103 cm³/mol. The van der Waals surface area contributed by atoms with Gasteiger partial charge in [0.1, 0.15) is 22.8 Å². The standard InChI is InChI=1S/C17H17F2N9O2/c1-7-14(29)13(28(27-7)4-3-11(18)19)17-24-16(25-26-17)12-8(6-20)9(22-2)5-10(23-12)15(21)30/h3,5-6,20,29H,4H2,1-2H3,(H2,21,30)(H,22,23)(H,24,25,26). The van der Waals surface area contributed by atoms with E-state index in [1.165, 1.54) is 13.0 Å². The Morgan fingerprint density at radius 3 is 2.77 bits per heavy atom. The average Bonchev–Trinajstić information content (AvgIpc) is 3.29. The number of aryl methyl sites for hydroxylation is 1. The third-order valence-electron chi connectivity index (χ3n) is 4.16. The van der Waals surface area contributed by atoms with E-state index in [0.717, 1.165) is 10.9 Å². The number of halogens is 2. The van der Waals surface area contributed by atoms with Gasteiger partial charge >= 0.3 is 0 Å². The predicted octanol–water partition coefficient (Wildman–Crippen LogP) is 1.66. The first-order chi connectivity index (χ1) is 14.3. The second-order valence-corrected chi connectivity index (χ2v) is 6.04. The van der Waals surface area contributed by atoms with Crippen molar-refractivity contribution in [2.75, 3.05) is 12.4 Å². The number of amides is 1. The maximum Gasteiger partial charge on any atom is 0.268 e. The van der Waals surface area contributed by atoms with Crippen LogP contribution in [0.3, 0.4) is 0 Å². The van der Waals surface area contributed by atoms with Gasteiger partial charge in [0.05, 0.1) is 6.54 Å². The number of nitrogens with two attached hydrogens (primary N) is 1. The third kappa shape index (κ3) is 3.72. The zero-order valence-electron chi connectivity index (χ0n) is 15.9. The summed E-state index contributed by atoms with van der Waals surface area (Å²) in [7, 11) is 1.59. The van der Waals surface area contributed by atoms with Crippen molar-refractivity contribution in [3.05, 3.63) is 35.2 Å². The Kier molecular flexibility index (Phi) is 5.53. The van der Waals surface area contributed by atoms with Gasteiger partial charge in [0.15, 0.2) is 11.6 Å². The number of rotatable bonds is 7. The van der Waals surface area contributed by atoms with E-state index in [-0.39, 0.29) is 46.7 Å². The highest BCUT2D eigenvalue weighted by Gasteiger charge is 2.23. The highest BCUT2D eigenvalue weighted by atomic mass is 19.3. The number of nitrogens with zero attached hydrogens (tertiary/aromatic N) is 5. The van der Waals surface area contributed by atoms with Crippen molar-refractivity contribution in [3.63, 3.8) is 0 Å². The molecule has 1 amide bonds. The highest BCUT2D eigenvalue weighted by molar-refractivity contribution is 5.98. The van der Waals surface area contributed by atoms with Gasteiger partial charge in [-0.25, -0.2) is 9.97 Å². The number of hydrogen-bond donors (Lipinski definition) is 5. The molecule has 0 saturated carbocycles. The van der Waals surface area contributed by atoms with E-state index in [4.69, 9.17) is 11.1 Å². The second kappa shape index (κ2) is 8.06. The van der Waals surface area contributed by atoms with Crippen molar-refractivity contribution >= 4 is 17.8 Å². The number of carbonyl (C=O) groups excluding carboxylic acids is 1. The van der Waals surface area contributed by atoms with Crippen LogP contribution in [0, 0.1) is 12.3 Å². The third-order valence-corrected chi connectivity index (χ3v) is 4.16. The fourth-order valence-electron chi connectivity index (χ4n) is 2.77. The van der Waals surface area contributed by atoms with Crippen LogP contribution in [-0.2, 0) is 6.54 Å². The monoisotopic (exact) mass is 417 g/mol. The lowest BCUT2D eigenvalue weighted by Crippen LogP contribution is -2.15. The summed E-state index contributed by atoms with van der Waals surface area (Å²) in [6, 6.07) is 1.39. The lowest BCUT2D eigenvalue weighted by Gasteiger charge is -2.10. The van der Waals surface area contributed by atoms with E-state index >= 15 is 0 Å². The van der Waals surface area contributed by atoms with E-state index in [2.05, 4.69) is 30.6 Å². The quantitative estimate of drug-likeness (QED) is 0.364. The molecule has 0 aromatic carbocycles. The van der Waals surface area contributed by atoms with E-state index in [0.29, 0.717) is 17.3 Å². The molecule has 0 radical (unpaired) electrons. The van der Waals surface area contributed by atoms with Crippen LogP contribution >= 0.6 is 0 Å². The topological polar surface area (TPSA) is 171 Å². The molecule has 156 valence electrons. The van der Waals surface area contributed by atoms with Crippen molar-refractivity contribution in [3.8, 4) is 28.8 Å². The Bertz CT molecular complexity index is 1160. The highest BCUT2D eigenvalue weighted by Crippen LogP contribution is 2.32. The number of aromatic amines is 1. The molecule has 0 aliphatic heterocycles. The normalized spacial score (nSPS) is 10.7. The van der Waals surface area contributed by atoms with Gasteiger partial charge in [-0.1, -0.05) is 0 Å². The van der Waals surface area contributed by atoms with Crippen molar-refractivity contribution < 1.29 is 18.7 Å². The molecule has 11 nitrogen and oxygen atoms in total. The van der Waals surface area contributed by atoms with Gasteiger partial charge in [0, 0.05) is 30.6 Å². The Balaban J connectivity index is 2.15. The van der Waals surface area contributed by atoms with E-state index in [9.17, 15) is 18.7 Å². The Morgan fingerprint density at radius 2 is 2.17 bits per heavy atom. The van der Waals surface area contributed by atoms with Gasteiger partial charge in [0.25, 0.3) is 12.0 Å². The summed E-state index contributed by atoms with van der Waals surface area (Å²) in [6.07, 6.45) is -0.249. The summed E-state index contributed by atoms with van der Waals surface area (Å²) in [4.78, 5) is 20.0. The van der Waals surface area contributed by atoms with Crippen LogP contribution in [0.25, 0.3) is 23.0 Å². The number of primary amides is 1. The van der Waals surface area contributed by atoms with Gasteiger partial charge in [-0.05, 0) is 13.0 Å². The summed E-state index contributed by atoms with van der Waals surface area (Å²) in [6.45, 7) is 1.20. The Morgan fingerprint density at radius 1 is 1.43 bits per heavy atom. The van der Waals surface area contributed by atoms with Crippen LogP contribution in [0.4, 0.5) is 14.5 Å². The fourth-order valence-corrected chi connectivity index (χ4v) is 2.77. The molecule has 0 atom stereocenters. The van der Waals surface area contributed by atoms with Crippen LogP contribution in [0.1, 0.15) is 21.7 Å². The molecule has 6 N–H and O–H groups in total. The summed E-state index contributed by atoms with van der Waals surface area (Å²) in [5.41, 5.74) is 6.30. The molecule has 3 aromatic heterocycles. The van der Waals surface area contributed by atoms with Gasteiger partial charge in [0.2, 0.25) is 5.82 Å². The number of carbonyl (C=O) groups is 1. The molecule has 0 unspecified atom stereocenters. The van der Waals surface area contributed by atoms with Crippen LogP contribution < -0.4 is 11.1 Å². The van der Waals surface area contributed by atoms with Crippen LogP contribution in [0.5, 0.6) is 5.75 Å². The number of nitrogens with one attached hydrogen (secondary N) is 3. The largest absolute Gasteiger partial charge is 0.504 e. The molecule has 30 heavy (non-hydrogen) atoms. The summed E-state index contributed by atoms with van der Waals surface area (Å²) < 4.78 is 26.1. The minimum absolute atomic E-state index is 0.000109. The molecule has 0 fully saturated rings. The second-order valence-electron chi connectivity index (χ2n) is 6.04. The minimum Gasteiger partial charge on any atom is -0.504 e. The zero-order chi connectivity index (χ0) is 22.0. The van der Waals surface area contributed by atoms with E-state index < -0.39 is 12.0 Å². The number of H-pyrrole nitrogens is 1. The first kappa shape index (κ1) is 20.6. The van der Waals surface area contributed by atoms with Crippen molar-refractivity contribution in [1.82, 2.24) is 29.9 Å². The maximum absolute atomic E-state index is 12.5. The molecular weight excluding hydrogens is 400 g/mol. The number of aromatic hydroxyl groups is 1. The molecule has 0 spiro atoms.